The van der Waals surface area contributed by atoms with Crippen LogP contribution in [0.25, 0.3) is 0 Å². The van der Waals surface area contributed by atoms with Crippen molar-refractivity contribution in [3.8, 4) is 5.75 Å². The minimum atomic E-state index is -0.871. The topological polar surface area (TPSA) is 62.7 Å². The zero-order chi connectivity index (χ0) is 18.2. The minimum Gasteiger partial charge on any atom is -0.496 e. The Hall–Kier alpha value is -1.56. The summed E-state index contributed by atoms with van der Waals surface area (Å²) in [5, 5.41) is 6.46. The lowest BCUT2D eigenvalue weighted by molar-refractivity contribution is 0.409. The number of nitrogens with zero attached hydrogens (tertiary/aromatic N) is 1. The maximum absolute atomic E-state index is 12.1. The summed E-state index contributed by atoms with van der Waals surface area (Å²) in [4.78, 5) is 4.60. The highest BCUT2D eigenvalue weighted by atomic mass is 32.2. The van der Waals surface area contributed by atoms with Gasteiger partial charge in [0.1, 0.15) is 5.75 Å². The van der Waals surface area contributed by atoms with Crippen molar-refractivity contribution in [3.63, 3.8) is 0 Å². The first kappa shape index (κ1) is 20.5. The maximum atomic E-state index is 12.1. The number of methoxy groups -OCH3 is 1. The summed E-state index contributed by atoms with van der Waals surface area (Å²) in [6.07, 6.45) is 0. The summed E-state index contributed by atoms with van der Waals surface area (Å²) >= 11 is 0. The van der Waals surface area contributed by atoms with E-state index in [0.29, 0.717) is 18.8 Å². The van der Waals surface area contributed by atoms with Crippen molar-refractivity contribution in [3.05, 3.63) is 29.3 Å². The van der Waals surface area contributed by atoms with E-state index in [1.54, 1.807) is 7.11 Å². The van der Waals surface area contributed by atoms with Gasteiger partial charge in [0.2, 0.25) is 0 Å². The van der Waals surface area contributed by atoms with Crippen molar-refractivity contribution in [1.29, 1.82) is 0 Å². The SMILES string of the molecule is CCNC(=NCc1ccc(C)cc1OC)NCCS(=O)C(C)(C)C. The summed E-state index contributed by atoms with van der Waals surface area (Å²) in [5.74, 6) is 2.18. The Morgan fingerprint density at radius 2 is 2.00 bits per heavy atom. The van der Waals surface area contributed by atoms with Crippen LogP contribution >= 0.6 is 0 Å². The van der Waals surface area contributed by atoms with Crippen LogP contribution in [-0.2, 0) is 17.3 Å². The molecule has 1 rings (SSSR count). The summed E-state index contributed by atoms with van der Waals surface area (Å²) in [7, 11) is 0.803. The van der Waals surface area contributed by atoms with E-state index in [9.17, 15) is 4.21 Å². The molecule has 0 aliphatic heterocycles. The van der Waals surface area contributed by atoms with Gasteiger partial charge in [-0.1, -0.05) is 12.1 Å². The van der Waals surface area contributed by atoms with E-state index in [1.165, 1.54) is 0 Å². The average Bonchev–Trinajstić information content (AvgIpc) is 2.52. The fraction of sp³-hybridized carbons (Fsp3) is 0.611. The number of guanidine groups is 1. The molecule has 6 heteroatoms. The van der Waals surface area contributed by atoms with Crippen LogP contribution in [0.15, 0.2) is 23.2 Å². The van der Waals surface area contributed by atoms with Crippen LogP contribution in [0.3, 0.4) is 0 Å². The van der Waals surface area contributed by atoms with Crippen LogP contribution in [-0.4, -0.2) is 40.9 Å². The number of rotatable bonds is 7. The Balaban J connectivity index is 2.67. The summed E-state index contributed by atoms with van der Waals surface area (Å²) in [5.41, 5.74) is 2.20. The third-order valence-corrected chi connectivity index (χ3v) is 5.40. The van der Waals surface area contributed by atoms with E-state index in [4.69, 9.17) is 4.74 Å². The van der Waals surface area contributed by atoms with Gasteiger partial charge in [-0.3, -0.25) is 4.21 Å². The number of hydrogen-bond donors (Lipinski definition) is 2. The molecule has 0 spiro atoms. The Kier molecular flexibility index (Phi) is 8.25. The zero-order valence-electron chi connectivity index (χ0n) is 15.7. The molecule has 136 valence electrons. The van der Waals surface area contributed by atoms with Gasteiger partial charge in [-0.2, -0.15) is 0 Å². The maximum Gasteiger partial charge on any atom is 0.191 e. The highest BCUT2D eigenvalue weighted by Gasteiger charge is 2.18. The highest BCUT2D eigenvalue weighted by Crippen LogP contribution is 2.20. The van der Waals surface area contributed by atoms with Gasteiger partial charge in [0.15, 0.2) is 5.96 Å². The lowest BCUT2D eigenvalue weighted by Gasteiger charge is -2.18. The van der Waals surface area contributed by atoms with Gasteiger partial charge < -0.3 is 15.4 Å². The smallest absolute Gasteiger partial charge is 0.191 e. The quantitative estimate of drug-likeness (QED) is 0.584. The van der Waals surface area contributed by atoms with Crippen LogP contribution in [0.5, 0.6) is 5.75 Å². The van der Waals surface area contributed by atoms with Gasteiger partial charge in [-0.25, -0.2) is 4.99 Å². The standard InChI is InChI=1S/C18H31N3O2S/c1-7-19-17(20-10-11-24(22)18(3,4)5)21-13-15-9-8-14(2)12-16(15)23-6/h8-9,12H,7,10-11,13H2,1-6H3,(H2,19,20,21). The van der Waals surface area contributed by atoms with Gasteiger partial charge in [0, 0.05) is 40.0 Å². The van der Waals surface area contributed by atoms with Crippen molar-refractivity contribution in [2.45, 2.75) is 45.9 Å². The molecule has 0 radical (unpaired) electrons. The molecule has 0 saturated heterocycles. The van der Waals surface area contributed by atoms with E-state index in [2.05, 4.69) is 21.7 Å². The van der Waals surface area contributed by atoms with Crippen molar-refractivity contribution in [2.75, 3.05) is 26.0 Å². The monoisotopic (exact) mass is 353 g/mol. The molecule has 0 bridgehead atoms. The van der Waals surface area contributed by atoms with Gasteiger partial charge in [0.05, 0.1) is 13.7 Å². The number of hydrogen-bond acceptors (Lipinski definition) is 3. The molecule has 5 nitrogen and oxygen atoms in total. The number of benzene rings is 1. The van der Waals surface area contributed by atoms with E-state index < -0.39 is 10.8 Å². The first-order valence-corrected chi connectivity index (χ1v) is 9.64. The Morgan fingerprint density at radius 1 is 1.29 bits per heavy atom. The van der Waals surface area contributed by atoms with Crippen LogP contribution in [0.1, 0.15) is 38.8 Å². The van der Waals surface area contributed by atoms with E-state index >= 15 is 0 Å². The van der Waals surface area contributed by atoms with Crippen molar-refractivity contribution < 1.29 is 8.95 Å². The molecule has 0 aliphatic carbocycles. The van der Waals surface area contributed by atoms with Gasteiger partial charge in [-0.05, 0) is 46.2 Å². The van der Waals surface area contributed by atoms with E-state index in [0.717, 1.165) is 29.4 Å². The first-order chi connectivity index (χ1) is 11.3. The normalized spacial score (nSPS) is 13.5. The molecule has 0 fully saturated rings. The summed E-state index contributed by atoms with van der Waals surface area (Å²) < 4.78 is 17.3. The van der Waals surface area contributed by atoms with Gasteiger partial charge in [0.25, 0.3) is 0 Å². The van der Waals surface area contributed by atoms with E-state index in [1.807, 2.05) is 46.8 Å². The molecule has 1 aromatic carbocycles. The molecule has 0 amide bonds. The van der Waals surface area contributed by atoms with Gasteiger partial charge in [-0.15, -0.1) is 0 Å². The second kappa shape index (κ2) is 9.67. The molecule has 1 atom stereocenters. The Morgan fingerprint density at radius 3 is 2.58 bits per heavy atom. The number of nitrogens with one attached hydrogen (secondary N) is 2. The van der Waals surface area contributed by atoms with Crippen LogP contribution in [0.2, 0.25) is 0 Å². The predicted octanol–water partition coefficient (Wildman–Crippen LogP) is 2.61. The third-order valence-electron chi connectivity index (χ3n) is 3.46. The van der Waals surface area contributed by atoms with Gasteiger partial charge >= 0.3 is 0 Å². The van der Waals surface area contributed by atoms with Crippen LogP contribution in [0.4, 0.5) is 0 Å². The highest BCUT2D eigenvalue weighted by molar-refractivity contribution is 7.86. The van der Waals surface area contributed by atoms with Crippen molar-refractivity contribution in [2.24, 2.45) is 4.99 Å². The fourth-order valence-electron chi connectivity index (χ4n) is 2.06. The fourth-order valence-corrected chi connectivity index (χ4v) is 2.96. The lowest BCUT2D eigenvalue weighted by atomic mass is 10.1. The third kappa shape index (κ3) is 6.91. The molecule has 0 aliphatic rings. The molecule has 0 heterocycles. The Bertz CT molecular complexity index is 580. The zero-order valence-corrected chi connectivity index (χ0v) is 16.5. The van der Waals surface area contributed by atoms with Crippen LogP contribution < -0.4 is 15.4 Å². The molecule has 24 heavy (non-hydrogen) atoms. The molecule has 2 N–H and O–H groups in total. The number of aliphatic imine (C=N–C) groups is 1. The van der Waals surface area contributed by atoms with Crippen molar-refractivity contribution >= 4 is 16.8 Å². The largest absolute Gasteiger partial charge is 0.496 e. The lowest BCUT2D eigenvalue weighted by Crippen LogP contribution is -2.40. The minimum absolute atomic E-state index is 0.188. The first-order valence-electron chi connectivity index (χ1n) is 8.32. The number of aryl methyl sites for hydroxylation is 1. The Labute approximate surface area is 148 Å². The van der Waals surface area contributed by atoms with Crippen LogP contribution in [0, 0.1) is 6.92 Å². The van der Waals surface area contributed by atoms with E-state index in [-0.39, 0.29) is 4.75 Å². The molecular weight excluding hydrogens is 322 g/mol. The average molecular weight is 354 g/mol. The second-order valence-electron chi connectivity index (χ2n) is 6.60. The molecule has 0 saturated carbocycles. The second-order valence-corrected chi connectivity index (χ2v) is 8.92. The molecule has 1 aromatic rings. The predicted molar refractivity (Wildman–Crippen MR) is 103 cm³/mol. The summed E-state index contributed by atoms with van der Waals surface area (Å²) in [6, 6.07) is 6.10. The molecule has 1 unspecified atom stereocenters. The molecule has 0 aromatic heterocycles. The summed E-state index contributed by atoms with van der Waals surface area (Å²) in [6.45, 7) is 12.0. The molecular formula is C18H31N3O2S. The number of ether oxygens (including phenoxy) is 1. The van der Waals surface area contributed by atoms with Crippen molar-refractivity contribution in [1.82, 2.24) is 10.6 Å².